The number of hydrogen-bond acceptors (Lipinski definition) is 4. The molecule has 0 amide bonds. The summed E-state index contributed by atoms with van der Waals surface area (Å²) in [5.41, 5.74) is 1.96. The largest absolute Gasteiger partial charge is 0.314 e. The van der Waals surface area contributed by atoms with Crippen LogP contribution in [0.15, 0.2) is 47.4 Å². The van der Waals surface area contributed by atoms with Crippen LogP contribution in [0, 0.1) is 6.92 Å². The molecule has 3 aromatic rings. The van der Waals surface area contributed by atoms with E-state index in [1.165, 1.54) is 0 Å². The van der Waals surface area contributed by atoms with Gasteiger partial charge in [0.25, 0.3) is 10.0 Å². The fraction of sp³-hybridized carbons (Fsp3) is 0.300. The quantitative estimate of drug-likeness (QED) is 0.674. The number of sulfonamides is 1. The number of anilines is 1. The predicted octanol–water partition coefficient (Wildman–Crippen LogP) is 4.54. The maximum Gasteiger partial charge on any atom is 0.261 e. The van der Waals surface area contributed by atoms with Crippen LogP contribution in [0.5, 0.6) is 0 Å². The van der Waals surface area contributed by atoms with Crippen LogP contribution in [-0.4, -0.2) is 23.2 Å². The zero-order valence-electron chi connectivity index (χ0n) is 16.5. The minimum atomic E-state index is -3.78. The molecular formula is C20H23ClN4O2S. The summed E-state index contributed by atoms with van der Waals surface area (Å²) in [4.78, 5) is 0.190. The second-order valence-corrected chi connectivity index (χ2v) is 9.82. The molecule has 0 aliphatic heterocycles. The Kier molecular flexibility index (Phi) is 5.25. The Morgan fingerprint density at radius 1 is 1.04 bits per heavy atom. The summed E-state index contributed by atoms with van der Waals surface area (Å²) in [6, 6.07) is 11.8. The van der Waals surface area contributed by atoms with E-state index in [0.717, 1.165) is 5.56 Å². The molecule has 8 heteroatoms. The number of nitrogens with one attached hydrogen (secondary N) is 1. The minimum absolute atomic E-state index is 0.0534. The van der Waals surface area contributed by atoms with Gasteiger partial charge in [-0.15, -0.1) is 10.2 Å². The van der Waals surface area contributed by atoms with Gasteiger partial charge in [0.1, 0.15) is 5.82 Å². The van der Waals surface area contributed by atoms with Crippen LogP contribution in [0.25, 0.3) is 11.4 Å². The van der Waals surface area contributed by atoms with Crippen LogP contribution < -0.4 is 4.72 Å². The standard InChI is InChI=1S/C20H23ClN4O2S/c1-13-22-23-19(25(13)5)17-12-15(21)8-11-18(17)24-28(26,27)16-9-6-14(7-10-16)20(2,3)4/h6-12,24H,1-5H3. The number of aryl methyl sites for hydroxylation is 1. The average Bonchev–Trinajstić information content (AvgIpc) is 2.95. The molecule has 0 aliphatic rings. The van der Waals surface area contributed by atoms with E-state index in [0.29, 0.717) is 27.9 Å². The Labute approximate surface area is 170 Å². The van der Waals surface area contributed by atoms with Crippen LogP contribution in [0.3, 0.4) is 0 Å². The summed E-state index contributed by atoms with van der Waals surface area (Å²) in [5, 5.41) is 8.67. The van der Waals surface area contributed by atoms with Crippen molar-refractivity contribution in [3.8, 4) is 11.4 Å². The molecule has 6 nitrogen and oxygen atoms in total. The molecule has 1 heterocycles. The summed E-state index contributed by atoms with van der Waals surface area (Å²) in [5.74, 6) is 1.24. The molecule has 0 fully saturated rings. The van der Waals surface area contributed by atoms with Gasteiger partial charge in [0.15, 0.2) is 5.82 Å². The van der Waals surface area contributed by atoms with Crippen molar-refractivity contribution in [1.82, 2.24) is 14.8 Å². The number of rotatable bonds is 4. The van der Waals surface area contributed by atoms with Crippen molar-refractivity contribution >= 4 is 27.3 Å². The van der Waals surface area contributed by atoms with Gasteiger partial charge in [-0.2, -0.15) is 0 Å². The fourth-order valence-electron chi connectivity index (χ4n) is 2.77. The van der Waals surface area contributed by atoms with E-state index in [9.17, 15) is 8.42 Å². The molecule has 2 aromatic carbocycles. The van der Waals surface area contributed by atoms with Crippen molar-refractivity contribution < 1.29 is 8.42 Å². The Morgan fingerprint density at radius 2 is 1.68 bits per heavy atom. The summed E-state index contributed by atoms with van der Waals surface area (Å²) in [6.45, 7) is 8.06. The number of benzene rings is 2. The highest BCUT2D eigenvalue weighted by atomic mass is 35.5. The molecule has 0 spiro atoms. The van der Waals surface area contributed by atoms with Crippen LogP contribution in [0.4, 0.5) is 5.69 Å². The van der Waals surface area contributed by atoms with E-state index in [-0.39, 0.29) is 10.3 Å². The second kappa shape index (κ2) is 7.22. The van der Waals surface area contributed by atoms with Crippen LogP contribution in [-0.2, 0) is 22.5 Å². The third kappa shape index (κ3) is 4.05. The normalized spacial score (nSPS) is 12.2. The predicted molar refractivity (Wildman–Crippen MR) is 112 cm³/mol. The van der Waals surface area contributed by atoms with E-state index in [2.05, 4.69) is 35.7 Å². The monoisotopic (exact) mass is 418 g/mol. The van der Waals surface area contributed by atoms with Gasteiger partial charge in [-0.25, -0.2) is 8.42 Å². The highest BCUT2D eigenvalue weighted by molar-refractivity contribution is 7.92. The maximum absolute atomic E-state index is 12.9. The molecule has 148 valence electrons. The van der Waals surface area contributed by atoms with E-state index in [4.69, 9.17) is 11.6 Å². The first-order valence-electron chi connectivity index (χ1n) is 8.78. The number of nitrogens with zero attached hydrogens (tertiary/aromatic N) is 3. The van der Waals surface area contributed by atoms with Crippen LogP contribution in [0.2, 0.25) is 5.02 Å². The first kappa shape index (κ1) is 20.4. The smallest absolute Gasteiger partial charge is 0.261 e. The van der Waals surface area contributed by atoms with E-state index >= 15 is 0 Å². The highest BCUT2D eigenvalue weighted by Gasteiger charge is 2.21. The van der Waals surface area contributed by atoms with Crippen molar-refractivity contribution in [1.29, 1.82) is 0 Å². The van der Waals surface area contributed by atoms with Crippen molar-refractivity contribution in [2.45, 2.75) is 38.0 Å². The summed E-state index contributed by atoms with van der Waals surface area (Å²) in [6.07, 6.45) is 0. The molecule has 0 unspecified atom stereocenters. The fourth-order valence-corrected chi connectivity index (χ4v) is 4.02. The van der Waals surface area contributed by atoms with E-state index in [1.807, 2.05) is 26.1 Å². The zero-order chi connectivity index (χ0) is 20.7. The second-order valence-electron chi connectivity index (χ2n) is 7.70. The molecule has 0 atom stereocenters. The SMILES string of the molecule is Cc1nnc(-c2cc(Cl)ccc2NS(=O)(=O)c2ccc(C(C)(C)C)cc2)n1C. The zero-order valence-corrected chi connectivity index (χ0v) is 18.1. The van der Waals surface area contributed by atoms with Gasteiger partial charge in [0.05, 0.1) is 10.6 Å². The molecule has 0 aliphatic carbocycles. The van der Waals surface area contributed by atoms with E-state index in [1.54, 1.807) is 34.9 Å². The minimum Gasteiger partial charge on any atom is -0.314 e. The van der Waals surface area contributed by atoms with Gasteiger partial charge >= 0.3 is 0 Å². The first-order chi connectivity index (χ1) is 13.0. The Morgan fingerprint density at radius 3 is 2.21 bits per heavy atom. The molecule has 0 saturated carbocycles. The Balaban J connectivity index is 2.00. The lowest BCUT2D eigenvalue weighted by Gasteiger charge is -2.19. The topological polar surface area (TPSA) is 76.9 Å². The summed E-state index contributed by atoms with van der Waals surface area (Å²) >= 11 is 6.14. The molecule has 1 aromatic heterocycles. The van der Waals surface area contributed by atoms with Crippen molar-refractivity contribution in [3.05, 3.63) is 58.9 Å². The lowest BCUT2D eigenvalue weighted by Crippen LogP contribution is -2.15. The molecule has 0 saturated heterocycles. The van der Waals surface area contributed by atoms with Gasteiger partial charge in [-0.3, -0.25) is 4.72 Å². The van der Waals surface area contributed by atoms with Gasteiger partial charge in [0, 0.05) is 17.6 Å². The highest BCUT2D eigenvalue weighted by Crippen LogP contribution is 2.32. The van der Waals surface area contributed by atoms with Crippen molar-refractivity contribution in [3.63, 3.8) is 0 Å². The molecule has 0 radical (unpaired) electrons. The number of hydrogen-bond donors (Lipinski definition) is 1. The number of halogens is 1. The lowest BCUT2D eigenvalue weighted by molar-refractivity contribution is 0.587. The lowest BCUT2D eigenvalue weighted by atomic mass is 9.87. The third-order valence-corrected chi connectivity index (χ3v) is 6.21. The van der Waals surface area contributed by atoms with Crippen LogP contribution >= 0.6 is 11.6 Å². The van der Waals surface area contributed by atoms with Crippen molar-refractivity contribution in [2.24, 2.45) is 7.05 Å². The third-order valence-electron chi connectivity index (χ3n) is 4.59. The molecule has 3 rings (SSSR count). The Hall–Kier alpha value is -2.38. The van der Waals surface area contributed by atoms with Gasteiger partial charge in [-0.1, -0.05) is 44.5 Å². The van der Waals surface area contributed by atoms with Gasteiger partial charge < -0.3 is 4.57 Å². The summed E-state index contributed by atoms with van der Waals surface area (Å²) < 4.78 is 30.3. The first-order valence-corrected chi connectivity index (χ1v) is 10.6. The Bertz CT molecular complexity index is 1110. The number of aromatic nitrogens is 3. The summed E-state index contributed by atoms with van der Waals surface area (Å²) in [7, 11) is -1.96. The molecular weight excluding hydrogens is 396 g/mol. The molecule has 28 heavy (non-hydrogen) atoms. The molecule has 0 bridgehead atoms. The van der Waals surface area contributed by atoms with Crippen LogP contribution in [0.1, 0.15) is 32.2 Å². The van der Waals surface area contributed by atoms with Gasteiger partial charge in [-0.05, 0) is 48.2 Å². The van der Waals surface area contributed by atoms with Crippen molar-refractivity contribution in [2.75, 3.05) is 4.72 Å². The van der Waals surface area contributed by atoms with E-state index < -0.39 is 10.0 Å². The average molecular weight is 419 g/mol. The maximum atomic E-state index is 12.9. The molecule has 1 N–H and O–H groups in total. The van der Waals surface area contributed by atoms with Gasteiger partial charge in [0.2, 0.25) is 0 Å².